The molecule has 1 aliphatic rings. The van der Waals surface area contributed by atoms with Gasteiger partial charge in [0.05, 0.1) is 28.5 Å². The van der Waals surface area contributed by atoms with Crippen LogP contribution in [0.25, 0.3) is 5.69 Å². The minimum atomic E-state index is -4.54. The van der Waals surface area contributed by atoms with Crippen LogP contribution in [0.2, 0.25) is 0 Å². The largest absolute Gasteiger partial charge is 0.416 e. The van der Waals surface area contributed by atoms with E-state index in [4.69, 9.17) is 0 Å². The molecule has 1 amide bonds. The van der Waals surface area contributed by atoms with Gasteiger partial charge in [0.2, 0.25) is 0 Å². The Hall–Kier alpha value is -2.94. The maximum atomic E-state index is 13.0. The van der Waals surface area contributed by atoms with Crippen molar-refractivity contribution in [3.05, 3.63) is 76.5 Å². The molecule has 0 aliphatic carbocycles. The van der Waals surface area contributed by atoms with Crippen molar-refractivity contribution >= 4 is 22.5 Å². The fraction of sp³-hybridized carbons (Fsp3) is 0.200. The standard InChI is InChI=1S/C20H16F3N3O2S/c1-12-5-2-3-8-17(12)26-18(15-10-29(28)11-16(15)25-26)24-19(27)13-6-4-7-14(9-13)20(21,22)23/h2-9H,10-11H2,1H3,(H,24,27). The van der Waals surface area contributed by atoms with Crippen molar-refractivity contribution in [2.45, 2.75) is 24.6 Å². The highest BCUT2D eigenvalue weighted by atomic mass is 32.2. The van der Waals surface area contributed by atoms with Gasteiger partial charge in [0, 0.05) is 21.9 Å². The first-order valence-corrected chi connectivity index (χ1v) is 10.2. The van der Waals surface area contributed by atoms with Gasteiger partial charge in [0.15, 0.2) is 0 Å². The van der Waals surface area contributed by atoms with Gasteiger partial charge in [-0.15, -0.1) is 0 Å². The number of benzene rings is 2. The highest BCUT2D eigenvalue weighted by molar-refractivity contribution is 7.83. The van der Waals surface area contributed by atoms with E-state index < -0.39 is 28.4 Å². The van der Waals surface area contributed by atoms with Crippen molar-refractivity contribution in [3.8, 4) is 5.69 Å². The number of carbonyl (C=O) groups is 1. The molecule has 1 N–H and O–H groups in total. The third-order valence-electron chi connectivity index (χ3n) is 4.70. The van der Waals surface area contributed by atoms with Crippen molar-refractivity contribution in [1.29, 1.82) is 0 Å². The number of aromatic nitrogens is 2. The second kappa shape index (κ2) is 7.14. The first-order valence-electron chi connectivity index (χ1n) is 8.74. The van der Waals surface area contributed by atoms with Crippen molar-refractivity contribution in [1.82, 2.24) is 9.78 Å². The molecule has 0 fully saturated rings. The number of halogens is 3. The third kappa shape index (κ3) is 3.69. The predicted molar refractivity (Wildman–Crippen MR) is 103 cm³/mol. The first-order chi connectivity index (χ1) is 13.7. The molecule has 1 aliphatic heterocycles. The van der Waals surface area contributed by atoms with Crippen molar-refractivity contribution in [2.24, 2.45) is 0 Å². The molecule has 3 aromatic rings. The number of hydrogen-bond acceptors (Lipinski definition) is 3. The van der Waals surface area contributed by atoms with Crippen LogP contribution in [0, 0.1) is 6.92 Å². The molecular weight excluding hydrogens is 403 g/mol. The van der Waals surface area contributed by atoms with Gasteiger partial charge in [-0.25, -0.2) is 4.68 Å². The van der Waals surface area contributed by atoms with E-state index in [1.54, 1.807) is 4.68 Å². The smallest absolute Gasteiger partial charge is 0.306 e. The summed E-state index contributed by atoms with van der Waals surface area (Å²) >= 11 is 0. The van der Waals surface area contributed by atoms with Gasteiger partial charge >= 0.3 is 6.18 Å². The average molecular weight is 419 g/mol. The van der Waals surface area contributed by atoms with E-state index in [0.717, 1.165) is 23.4 Å². The molecule has 1 atom stereocenters. The van der Waals surface area contributed by atoms with Crippen molar-refractivity contribution < 1.29 is 22.2 Å². The quantitative estimate of drug-likeness (QED) is 0.692. The molecule has 1 unspecified atom stereocenters. The van der Waals surface area contributed by atoms with Gasteiger partial charge < -0.3 is 5.32 Å². The zero-order chi connectivity index (χ0) is 20.8. The molecule has 0 saturated carbocycles. The van der Waals surface area contributed by atoms with Crippen LogP contribution in [-0.2, 0) is 28.5 Å². The maximum absolute atomic E-state index is 13.0. The Balaban J connectivity index is 1.75. The van der Waals surface area contributed by atoms with Crippen LogP contribution in [-0.4, -0.2) is 19.9 Å². The second-order valence-electron chi connectivity index (χ2n) is 6.73. The second-order valence-corrected chi connectivity index (χ2v) is 8.19. The molecule has 2 heterocycles. The maximum Gasteiger partial charge on any atom is 0.416 e. The van der Waals surface area contributed by atoms with Gasteiger partial charge in [-0.1, -0.05) is 24.3 Å². The summed E-state index contributed by atoms with van der Waals surface area (Å²) in [5.74, 6) is 0.161. The van der Waals surface area contributed by atoms with Crippen molar-refractivity contribution in [3.63, 3.8) is 0 Å². The highest BCUT2D eigenvalue weighted by Crippen LogP contribution is 2.33. The van der Waals surface area contributed by atoms with E-state index in [2.05, 4.69) is 10.4 Å². The molecule has 0 saturated heterocycles. The monoisotopic (exact) mass is 419 g/mol. The lowest BCUT2D eigenvalue weighted by atomic mass is 10.1. The van der Waals surface area contributed by atoms with E-state index in [1.165, 1.54) is 12.1 Å². The fourth-order valence-corrected chi connectivity index (χ4v) is 4.51. The zero-order valence-electron chi connectivity index (χ0n) is 15.3. The number of para-hydroxylation sites is 1. The number of carbonyl (C=O) groups excluding carboxylic acids is 1. The van der Waals surface area contributed by atoms with Gasteiger partial charge in [-0.3, -0.25) is 9.00 Å². The van der Waals surface area contributed by atoms with Crippen LogP contribution in [0.1, 0.15) is 32.7 Å². The van der Waals surface area contributed by atoms with E-state index in [9.17, 15) is 22.2 Å². The number of alkyl halides is 3. The Kier molecular flexibility index (Phi) is 4.77. The predicted octanol–water partition coefficient (Wildman–Crippen LogP) is 4.21. The van der Waals surface area contributed by atoms with Crippen molar-refractivity contribution in [2.75, 3.05) is 5.32 Å². The van der Waals surface area contributed by atoms with E-state index >= 15 is 0 Å². The number of hydrogen-bond donors (Lipinski definition) is 1. The molecule has 4 rings (SSSR count). The SMILES string of the molecule is Cc1ccccc1-n1nc2c(c1NC(=O)c1cccc(C(F)(F)F)c1)CS(=O)C2. The zero-order valence-corrected chi connectivity index (χ0v) is 16.1. The Labute approximate surface area is 167 Å². The van der Waals surface area contributed by atoms with E-state index in [-0.39, 0.29) is 17.1 Å². The molecule has 150 valence electrons. The molecule has 29 heavy (non-hydrogen) atoms. The van der Waals surface area contributed by atoms with Crippen LogP contribution in [0.5, 0.6) is 0 Å². The number of anilines is 1. The number of nitrogens with one attached hydrogen (secondary N) is 1. The van der Waals surface area contributed by atoms with Crippen LogP contribution in [0.3, 0.4) is 0 Å². The molecule has 9 heteroatoms. The summed E-state index contributed by atoms with van der Waals surface area (Å²) in [5.41, 5.74) is 1.88. The molecule has 5 nitrogen and oxygen atoms in total. The van der Waals surface area contributed by atoms with Crippen LogP contribution in [0.15, 0.2) is 48.5 Å². The Morgan fingerprint density at radius 3 is 2.62 bits per heavy atom. The Morgan fingerprint density at radius 2 is 1.90 bits per heavy atom. The number of fused-ring (bicyclic) bond motifs is 1. The minimum absolute atomic E-state index is 0.120. The number of rotatable bonds is 3. The molecule has 1 aromatic heterocycles. The molecule has 0 spiro atoms. The fourth-order valence-electron chi connectivity index (χ4n) is 3.25. The van der Waals surface area contributed by atoms with E-state index in [0.29, 0.717) is 17.1 Å². The summed E-state index contributed by atoms with van der Waals surface area (Å²) in [5, 5.41) is 7.20. The van der Waals surface area contributed by atoms with Gasteiger partial charge in [0.25, 0.3) is 5.91 Å². The van der Waals surface area contributed by atoms with Gasteiger partial charge in [-0.2, -0.15) is 18.3 Å². The summed E-state index contributed by atoms with van der Waals surface area (Å²) in [6.07, 6.45) is -4.54. The lowest BCUT2D eigenvalue weighted by Crippen LogP contribution is -2.18. The summed E-state index contributed by atoms with van der Waals surface area (Å²) in [6, 6.07) is 11.6. The number of nitrogens with zero attached hydrogens (tertiary/aromatic N) is 2. The van der Waals surface area contributed by atoms with Gasteiger partial charge in [0.1, 0.15) is 5.82 Å². The summed E-state index contributed by atoms with van der Waals surface area (Å²) in [6.45, 7) is 1.89. The van der Waals surface area contributed by atoms with Crippen LogP contribution < -0.4 is 5.32 Å². The third-order valence-corrected chi connectivity index (χ3v) is 5.90. The normalized spacial score (nSPS) is 15.9. The number of amides is 1. The van der Waals surface area contributed by atoms with Crippen LogP contribution in [0.4, 0.5) is 19.0 Å². The summed E-state index contributed by atoms with van der Waals surface area (Å²) in [7, 11) is -1.12. The van der Waals surface area contributed by atoms with E-state index in [1.807, 2.05) is 31.2 Å². The average Bonchev–Trinajstić information content (AvgIpc) is 3.18. The Bertz CT molecular complexity index is 1140. The van der Waals surface area contributed by atoms with Crippen LogP contribution >= 0.6 is 0 Å². The molecule has 0 radical (unpaired) electrons. The minimum Gasteiger partial charge on any atom is -0.306 e. The molecular formula is C20H16F3N3O2S. The summed E-state index contributed by atoms with van der Waals surface area (Å²) in [4.78, 5) is 12.7. The Morgan fingerprint density at radius 1 is 1.14 bits per heavy atom. The topological polar surface area (TPSA) is 64.0 Å². The first kappa shape index (κ1) is 19.4. The number of aryl methyl sites for hydroxylation is 1. The summed E-state index contributed by atoms with van der Waals surface area (Å²) < 4.78 is 52.5. The molecule has 2 aromatic carbocycles. The molecule has 0 bridgehead atoms. The van der Waals surface area contributed by atoms with Gasteiger partial charge in [-0.05, 0) is 36.8 Å². The lowest BCUT2D eigenvalue weighted by Gasteiger charge is -2.13. The highest BCUT2D eigenvalue weighted by Gasteiger charge is 2.32. The lowest BCUT2D eigenvalue weighted by molar-refractivity contribution is -0.137.